The third-order valence-electron chi connectivity index (χ3n) is 1.97. The largest absolute Gasteiger partial charge is 0.489 e. The number of hydrogen-bond acceptors (Lipinski definition) is 5. The van der Waals surface area contributed by atoms with Crippen LogP contribution in [-0.2, 0) is 0 Å². The smallest absolute Gasteiger partial charge is 0.295 e. The SMILES string of the molecule is COc1c(NCC(C)SC)nc[nH]c1=O. The van der Waals surface area contributed by atoms with Crippen molar-refractivity contribution in [3.8, 4) is 5.75 Å². The Bertz CT molecular complexity index is 367. The molecule has 1 unspecified atom stereocenters. The second-order valence-electron chi connectivity index (χ2n) is 3.04. The second-order valence-corrected chi connectivity index (χ2v) is 4.32. The highest BCUT2D eigenvalue weighted by molar-refractivity contribution is 7.99. The van der Waals surface area contributed by atoms with Crippen LogP contribution in [-0.4, -0.2) is 35.1 Å². The summed E-state index contributed by atoms with van der Waals surface area (Å²) in [7, 11) is 1.45. The first-order chi connectivity index (χ1) is 7.19. The molecule has 1 heterocycles. The molecule has 0 saturated carbocycles. The van der Waals surface area contributed by atoms with E-state index in [2.05, 4.69) is 22.2 Å². The van der Waals surface area contributed by atoms with Crippen molar-refractivity contribution in [1.82, 2.24) is 9.97 Å². The average molecular weight is 229 g/mol. The molecule has 0 bridgehead atoms. The van der Waals surface area contributed by atoms with Crippen molar-refractivity contribution >= 4 is 17.6 Å². The quantitative estimate of drug-likeness (QED) is 0.786. The minimum atomic E-state index is -0.271. The van der Waals surface area contributed by atoms with Crippen LogP contribution < -0.4 is 15.6 Å². The van der Waals surface area contributed by atoms with Gasteiger partial charge in [-0.1, -0.05) is 6.92 Å². The fourth-order valence-electron chi connectivity index (χ4n) is 1.03. The number of thioether (sulfide) groups is 1. The van der Waals surface area contributed by atoms with E-state index in [4.69, 9.17) is 4.74 Å². The van der Waals surface area contributed by atoms with Crippen LogP contribution in [0.5, 0.6) is 5.75 Å². The molecule has 0 aliphatic rings. The van der Waals surface area contributed by atoms with Crippen molar-refractivity contribution in [3.63, 3.8) is 0 Å². The average Bonchev–Trinajstić information content (AvgIpc) is 2.25. The zero-order chi connectivity index (χ0) is 11.3. The Kier molecular flexibility index (Phi) is 4.48. The molecule has 0 aliphatic heterocycles. The van der Waals surface area contributed by atoms with Crippen LogP contribution in [0.25, 0.3) is 0 Å². The van der Waals surface area contributed by atoms with E-state index in [1.165, 1.54) is 13.4 Å². The van der Waals surface area contributed by atoms with Gasteiger partial charge in [0.05, 0.1) is 13.4 Å². The highest BCUT2D eigenvalue weighted by Gasteiger charge is 2.09. The van der Waals surface area contributed by atoms with Crippen molar-refractivity contribution in [2.75, 3.05) is 25.2 Å². The fourth-order valence-corrected chi connectivity index (χ4v) is 1.28. The molecule has 0 spiro atoms. The maximum Gasteiger partial charge on any atom is 0.295 e. The number of rotatable bonds is 5. The Labute approximate surface area is 92.6 Å². The maximum absolute atomic E-state index is 11.3. The number of aromatic nitrogens is 2. The van der Waals surface area contributed by atoms with Crippen LogP contribution in [0.1, 0.15) is 6.92 Å². The van der Waals surface area contributed by atoms with Crippen molar-refractivity contribution in [3.05, 3.63) is 16.7 Å². The van der Waals surface area contributed by atoms with Gasteiger partial charge in [-0.15, -0.1) is 0 Å². The van der Waals surface area contributed by atoms with Gasteiger partial charge in [0.2, 0.25) is 5.75 Å². The Morgan fingerprint density at radius 1 is 1.73 bits per heavy atom. The fraction of sp³-hybridized carbons (Fsp3) is 0.556. The number of ether oxygens (including phenoxy) is 1. The van der Waals surface area contributed by atoms with Gasteiger partial charge in [0.1, 0.15) is 0 Å². The first-order valence-electron chi connectivity index (χ1n) is 4.57. The van der Waals surface area contributed by atoms with Gasteiger partial charge < -0.3 is 15.0 Å². The Hall–Kier alpha value is -1.17. The summed E-state index contributed by atoms with van der Waals surface area (Å²) in [6, 6.07) is 0. The zero-order valence-corrected chi connectivity index (χ0v) is 9.85. The number of methoxy groups -OCH3 is 1. The molecule has 1 aromatic rings. The van der Waals surface area contributed by atoms with Crippen molar-refractivity contribution in [2.45, 2.75) is 12.2 Å². The Morgan fingerprint density at radius 3 is 3.07 bits per heavy atom. The maximum atomic E-state index is 11.3. The number of aromatic amines is 1. The van der Waals surface area contributed by atoms with E-state index in [-0.39, 0.29) is 11.3 Å². The van der Waals surface area contributed by atoms with E-state index >= 15 is 0 Å². The minimum Gasteiger partial charge on any atom is -0.489 e. The van der Waals surface area contributed by atoms with Gasteiger partial charge in [0, 0.05) is 11.8 Å². The number of nitrogens with zero attached hydrogens (tertiary/aromatic N) is 1. The lowest BCUT2D eigenvalue weighted by molar-refractivity contribution is 0.408. The standard InChI is InChI=1S/C9H15N3O2S/c1-6(15-3)4-10-8-7(14-2)9(13)12-5-11-8/h5-6H,4H2,1-3H3,(H2,10,11,12,13). The van der Waals surface area contributed by atoms with E-state index in [1.807, 2.05) is 6.26 Å². The predicted octanol–water partition coefficient (Wildman–Crippen LogP) is 0.942. The number of hydrogen-bond donors (Lipinski definition) is 2. The molecule has 5 nitrogen and oxygen atoms in total. The summed E-state index contributed by atoms with van der Waals surface area (Å²) >= 11 is 1.74. The minimum absolute atomic E-state index is 0.228. The molecule has 1 aromatic heterocycles. The summed E-state index contributed by atoms with van der Waals surface area (Å²) in [5.74, 6) is 0.716. The molecular formula is C9H15N3O2S. The van der Waals surface area contributed by atoms with Crippen LogP contribution in [0.4, 0.5) is 5.82 Å². The summed E-state index contributed by atoms with van der Waals surface area (Å²) in [4.78, 5) is 17.8. The third kappa shape index (κ3) is 3.16. The lowest BCUT2D eigenvalue weighted by atomic mass is 10.4. The molecule has 0 radical (unpaired) electrons. The lowest BCUT2D eigenvalue weighted by Crippen LogP contribution is -2.18. The number of H-pyrrole nitrogens is 1. The topological polar surface area (TPSA) is 67.0 Å². The van der Waals surface area contributed by atoms with E-state index < -0.39 is 0 Å². The molecule has 1 rings (SSSR count). The second kappa shape index (κ2) is 5.65. The molecule has 0 fully saturated rings. The van der Waals surface area contributed by atoms with Gasteiger partial charge in [-0.05, 0) is 6.26 Å². The summed E-state index contributed by atoms with van der Waals surface area (Å²) < 4.78 is 4.97. The van der Waals surface area contributed by atoms with Gasteiger partial charge >= 0.3 is 0 Å². The monoisotopic (exact) mass is 229 g/mol. The van der Waals surface area contributed by atoms with Gasteiger partial charge in [-0.3, -0.25) is 4.79 Å². The molecule has 0 aromatic carbocycles. The van der Waals surface area contributed by atoms with Crippen LogP contribution in [0.15, 0.2) is 11.1 Å². The molecule has 0 aliphatic carbocycles. The molecule has 84 valence electrons. The highest BCUT2D eigenvalue weighted by atomic mass is 32.2. The molecule has 1 atom stereocenters. The van der Waals surface area contributed by atoms with Crippen molar-refractivity contribution in [2.24, 2.45) is 0 Å². The van der Waals surface area contributed by atoms with E-state index in [1.54, 1.807) is 11.8 Å². The summed E-state index contributed by atoms with van der Waals surface area (Å²) in [6.45, 7) is 2.84. The summed E-state index contributed by atoms with van der Waals surface area (Å²) in [5, 5.41) is 3.53. The summed E-state index contributed by atoms with van der Waals surface area (Å²) in [5.41, 5.74) is -0.271. The molecule has 0 amide bonds. The third-order valence-corrected chi connectivity index (χ3v) is 2.95. The van der Waals surface area contributed by atoms with Crippen molar-refractivity contribution in [1.29, 1.82) is 0 Å². The van der Waals surface area contributed by atoms with Gasteiger partial charge in [0.15, 0.2) is 5.82 Å². The number of anilines is 1. The first kappa shape index (κ1) is 11.9. The Morgan fingerprint density at radius 2 is 2.47 bits per heavy atom. The normalized spacial score (nSPS) is 12.2. The van der Waals surface area contributed by atoms with E-state index in [0.29, 0.717) is 11.1 Å². The predicted molar refractivity (Wildman–Crippen MR) is 62.9 cm³/mol. The molecule has 6 heteroatoms. The molecule has 0 saturated heterocycles. The van der Waals surface area contributed by atoms with Crippen LogP contribution in [0.3, 0.4) is 0 Å². The lowest BCUT2D eigenvalue weighted by Gasteiger charge is -2.11. The van der Waals surface area contributed by atoms with Gasteiger partial charge in [0.25, 0.3) is 5.56 Å². The van der Waals surface area contributed by atoms with Crippen LogP contribution in [0.2, 0.25) is 0 Å². The first-order valence-corrected chi connectivity index (χ1v) is 5.86. The van der Waals surface area contributed by atoms with Crippen molar-refractivity contribution < 1.29 is 4.74 Å². The summed E-state index contributed by atoms with van der Waals surface area (Å²) in [6.07, 6.45) is 3.39. The van der Waals surface area contributed by atoms with E-state index in [9.17, 15) is 4.79 Å². The molecular weight excluding hydrogens is 214 g/mol. The van der Waals surface area contributed by atoms with Gasteiger partial charge in [-0.2, -0.15) is 11.8 Å². The van der Waals surface area contributed by atoms with Crippen LogP contribution in [0, 0.1) is 0 Å². The highest BCUT2D eigenvalue weighted by Crippen LogP contribution is 2.15. The number of nitrogens with one attached hydrogen (secondary N) is 2. The van der Waals surface area contributed by atoms with Crippen LogP contribution >= 0.6 is 11.8 Å². The van der Waals surface area contributed by atoms with E-state index in [0.717, 1.165) is 6.54 Å². The van der Waals surface area contributed by atoms with Gasteiger partial charge in [-0.25, -0.2) is 4.98 Å². The molecule has 2 N–H and O–H groups in total. The Balaban J connectivity index is 2.76. The zero-order valence-electron chi connectivity index (χ0n) is 9.03. The molecule has 15 heavy (non-hydrogen) atoms.